The number of hydrogen-bond acceptors (Lipinski definition) is 5. The van der Waals surface area contributed by atoms with E-state index in [1.54, 1.807) is 13.2 Å². The van der Waals surface area contributed by atoms with Crippen LogP contribution in [0.5, 0.6) is 0 Å². The standard InChI is InChI=1S/C9H17O5P/c1-11-8-4-6-14-9(8)5-7-15(10,12-2)13-3/h5,7-9H,4,6H2,1-3H3/b7-5+/t8-,9?/m1/s1. The molecule has 0 aromatic heterocycles. The molecule has 2 atom stereocenters. The molecule has 0 spiro atoms. The van der Waals surface area contributed by atoms with Gasteiger partial charge in [0.25, 0.3) is 0 Å². The highest BCUT2D eigenvalue weighted by molar-refractivity contribution is 7.57. The van der Waals surface area contributed by atoms with E-state index in [0.717, 1.165) is 6.42 Å². The van der Waals surface area contributed by atoms with Gasteiger partial charge in [-0.3, -0.25) is 4.57 Å². The summed E-state index contributed by atoms with van der Waals surface area (Å²) in [7, 11) is 1.23. The molecule has 6 heteroatoms. The van der Waals surface area contributed by atoms with Crippen LogP contribution in [0.25, 0.3) is 0 Å². The Bertz CT molecular complexity index is 257. The summed E-state index contributed by atoms with van der Waals surface area (Å²) >= 11 is 0. The van der Waals surface area contributed by atoms with E-state index in [4.69, 9.17) is 18.5 Å². The second-order valence-electron chi connectivity index (χ2n) is 3.14. The van der Waals surface area contributed by atoms with Crippen molar-refractivity contribution in [1.82, 2.24) is 0 Å². The number of hydrogen-bond donors (Lipinski definition) is 0. The summed E-state index contributed by atoms with van der Waals surface area (Å²) in [6.07, 6.45) is 2.36. The molecule has 0 aromatic rings. The molecule has 1 fully saturated rings. The van der Waals surface area contributed by atoms with Gasteiger partial charge in [-0.15, -0.1) is 0 Å². The van der Waals surface area contributed by atoms with Gasteiger partial charge in [0, 0.05) is 27.1 Å². The number of methoxy groups -OCH3 is 1. The summed E-state index contributed by atoms with van der Waals surface area (Å²) in [5.41, 5.74) is 0. The molecule has 0 N–H and O–H groups in total. The molecule has 88 valence electrons. The Labute approximate surface area is 89.9 Å². The van der Waals surface area contributed by atoms with Crippen LogP contribution in [0.1, 0.15) is 6.42 Å². The molecule has 0 saturated carbocycles. The normalized spacial score (nSPS) is 27.7. The SMILES string of the molecule is CO[C@@H]1CCOC1/C=C/P(=O)(OC)OC. The Morgan fingerprint density at radius 1 is 1.33 bits per heavy atom. The zero-order valence-electron chi connectivity index (χ0n) is 9.21. The third-order valence-electron chi connectivity index (χ3n) is 2.35. The van der Waals surface area contributed by atoms with Gasteiger partial charge in [0.15, 0.2) is 0 Å². The number of ether oxygens (including phenoxy) is 2. The van der Waals surface area contributed by atoms with E-state index >= 15 is 0 Å². The minimum atomic E-state index is -3.09. The highest BCUT2D eigenvalue weighted by Crippen LogP contribution is 2.48. The van der Waals surface area contributed by atoms with Crippen LogP contribution in [0.15, 0.2) is 11.9 Å². The minimum Gasteiger partial charge on any atom is -0.378 e. The van der Waals surface area contributed by atoms with Gasteiger partial charge >= 0.3 is 7.60 Å². The van der Waals surface area contributed by atoms with Crippen LogP contribution < -0.4 is 0 Å². The predicted molar refractivity (Wildman–Crippen MR) is 55.9 cm³/mol. The zero-order chi connectivity index (χ0) is 11.3. The maximum Gasteiger partial charge on any atom is 0.353 e. The van der Waals surface area contributed by atoms with Gasteiger partial charge in [0.1, 0.15) is 6.10 Å². The molecule has 1 aliphatic heterocycles. The van der Waals surface area contributed by atoms with Crippen LogP contribution in [-0.2, 0) is 23.1 Å². The maximum atomic E-state index is 11.7. The smallest absolute Gasteiger partial charge is 0.353 e. The van der Waals surface area contributed by atoms with Crippen molar-refractivity contribution in [2.24, 2.45) is 0 Å². The third kappa shape index (κ3) is 3.40. The van der Waals surface area contributed by atoms with E-state index in [1.165, 1.54) is 20.0 Å². The number of rotatable bonds is 5. The van der Waals surface area contributed by atoms with Crippen molar-refractivity contribution >= 4 is 7.60 Å². The molecule has 1 rings (SSSR count). The Morgan fingerprint density at radius 3 is 2.53 bits per heavy atom. The first-order valence-corrected chi connectivity index (χ1v) is 6.31. The van der Waals surface area contributed by atoms with Crippen molar-refractivity contribution in [3.8, 4) is 0 Å². The van der Waals surface area contributed by atoms with Crippen LogP contribution in [-0.4, -0.2) is 40.1 Å². The summed E-state index contributed by atoms with van der Waals surface area (Å²) in [5.74, 6) is 1.41. The molecule has 15 heavy (non-hydrogen) atoms. The molecule has 1 heterocycles. The highest BCUT2D eigenvalue weighted by atomic mass is 31.2. The monoisotopic (exact) mass is 236 g/mol. The average Bonchev–Trinajstić information content (AvgIpc) is 2.73. The summed E-state index contributed by atoms with van der Waals surface area (Å²) in [6, 6.07) is 0. The zero-order valence-corrected chi connectivity index (χ0v) is 10.1. The molecule has 0 aliphatic carbocycles. The summed E-state index contributed by atoms with van der Waals surface area (Å²) in [5, 5.41) is 0. The second-order valence-corrected chi connectivity index (χ2v) is 5.25. The van der Waals surface area contributed by atoms with Crippen LogP contribution >= 0.6 is 7.60 Å². The quantitative estimate of drug-likeness (QED) is 0.681. The molecule has 0 bridgehead atoms. The van der Waals surface area contributed by atoms with Gasteiger partial charge in [-0.1, -0.05) is 0 Å². The Morgan fingerprint density at radius 2 is 2.00 bits per heavy atom. The molecule has 0 radical (unpaired) electrons. The molecule has 5 nitrogen and oxygen atoms in total. The third-order valence-corrected chi connectivity index (χ3v) is 3.90. The van der Waals surface area contributed by atoms with E-state index in [9.17, 15) is 4.57 Å². The minimum absolute atomic E-state index is 0.0170. The first-order chi connectivity index (χ1) is 7.15. The summed E-state index contributed by atoms with van der Waals surface area (Å²) in [6.45, 7) is 0.651. The van der Waals surface area contributed by atoms with Gasteiger partial charge in [0.2, 0.25) is 0 Å². The van der Waals surface area contributed by atoms with Gasteiger partial charge in [-0.2, -0.15) is 0 Å². The van der Waals surface area contributed by atoms with Crippen molar-refractivity contribution in [2.45, 2.75) is 18.6 Å². The highest BCUT2D eigenvalue weighted by Gasteiger charge is 2.27. The molecular formula is C9H17O5P. The Balaban J connectivity index is 2.60. The van der Waals surface area contributed by atoms with Crippen LogP contribution in [0.3, 0.4) is 0 Å². The molecule has 0 amide bonds. The van der Waals surface area contributed by atoms with Gasteiger partial charge in [-0.05, 0) is 12.5 Å². The van der Waals surface area contributed by atoms with Crippen LogP contribution in [0.4, 0.5) is 0 Å². The summed E-state index contributed by atoms with van der Waals surface area (Å²) in [4.78, 5) is 0. The Hall–Kier alpha value is -0.190. The molecular weight excluding hydrogens is 219 g/mol. The lowest BCUT2D eigenvalue weighted by Crippen LogP contribution is -2.20. The average molecular weight is 236 g/mol. The summed E-state index contributed by atoms with van der Waals surface area (Å²) < 4.78 is 31.8. The van der Waals surface area contributed by atoms with Crippen molar-refractivity contribution < 1.29 is 23.1 Å². The first kappa shape index (κ1) is 12.9. The van der Waals surface area contributed by atoms with Gasteiger partial charge in [-0.25, -0.2) is 0 Å². The lowest BCUT2D eigenvalue weighted by Gasteiger charge is -2.14. The van der Waals surface area contributed by atoms with Crippen molar-refractivity contribution in [1.29, 1.82) is 0 Å². The largest absolute Gasteiger partial charge is 0.378 e. The van der Waals surface area contributed by atoms with Crippen molar-refractivity contribution in [2.75, 3.05) is 27.9 Å². The van der Waals surface area contributed by atoms with Crippen LogP contribution in [0, 0.1) is 0 Å². The lowest BCUT2D eigenvalue weighted by molar-refractivity contribution is 0.0426. The lowest BCUT2D eigenvalue weighted by atomic mass is 10.2. The fraction of sp³-hybridized carbons (Fsp3) is 0.778. The van der Waals surface area contributed by atoms with Crippen molar-refractivity contribution in [3.63, 3.8) is 0 Å². The van der Waals surface area contributed by atoms with E-state index in [2.05, 4.69) is 0 Å². The van der Waals surface area contributed by atoms with E-state index in [-0.39, 0.29) is 12.2 Å². The molecule has 0 aromatic carbocycles. The molecule has 1 unspecified atom stereocenters. The van der Waals surface area contributed by atoms with Gasteiger partial charge in [0.05, 0.1) is 12.7 Å². The fourth-order valence-corrected chi connectivity index (χ4v) is 2.18. The van der Waals surface area contributed by atoms with Crippen LogP contribution in [0.2, 0.25) is 0 Å². The van der Waals surface area contributed by atoms with Gasteiger partial charge < -0.3 is 18.5 Å². The second kappa shape index (κ2) is 5.77. The molecule has 1 aliphatic rings. The van der Waals surface area contributed by atoms with Crippen molar-refractivity contribution in [3.05, 3.63) is 11.9 Å². The van der Waals surface area contributed by atoms with E-state index < -0.39 is 7.60 Å². The van der Waals surface area contributed by atoms with E-state index in [0.29, 0.717) is 6.61 Å². The van der Waals surface area contributed by atoms with E-state index in [1.807, 2.05) is 0 Å². The molecule has 1 saturated heterocycles. The Kier molecular flexibility index (Phi) is 4.96. The fourth-order valence-electron chi connectivity index (χ4n) is 1.41. The first-order valence-electron chi connectivity index (χ1n) is 4.70. The maximum absolute atomic E-state index is 11.7. The topological polar surface area (TPSA) is 54.0 Å². The predicted octanol–water partition coefficient (Wildman–Crippen LogP) is 1.79.